The number of pyridine rings is 1. The second-order valence-electron chi connectivity index (χ2n) is 9.75. The topological polar surface area (TPSA) is 71.5 Å². The van der Waals surface area contributed by atoms with E-state index in [2.05, 4.69) is 10.3 Å². The van der Waals surface area contributed by atoms with Gasteiger partial charge in [0.25, 0.3) is 5.91 Å². The van der Waals surface area contributed by atoms with Gasteiger partial charge in [-0.15, -0.1) is 0 Å². The van der Waals surface area contributed by atoms with Crippen molar-refractivity contribution in [3.05, 3.63) is 137 Å². The van der Waals surface area contributed by atoms with E-state index in [-0.39, 0.29) is 24.2 Å². The average molecular weight is 532 g/mol. The number of nitrogens with one attached hydrogen (secondary N) is 1. The number of hydrogen-bond acceptors (Lipinski definition) is 4. The number of carbonyl (C=O) groups excluding carboxylic acids is 2. The Morgan fingerprint density at radius 2 is 1.68 bits per heavy atom. The zero-order chi connectivity index (χ0) is 27.6. The maximum atomic E-state index is 14.2. The van der Waals surface area contributed by atoms with Crippen molar-refractivity contribution in [1.29, 1.82) is 0 Å². The van der Waals surface area contributed by atoms with E-state index in [4.69, 9.17) is 4.74 Å². The molecular weight excluding hydrogens is 505 g/mol. The molecule has 1 aromatic heterocycles. The van der Waals surface area contributed by atoms with Crippen molar-refractivity contribution in [3.63, 3.8) is 0 Å². The molecule has 0 spiro atoms. The SMILES string of the molecule is COc1ccc([C@@H]2[C@H](C(=O)Nc3cnc4ccccc4c3)c3ccccc3C(=O)N2Cc2ccc(F)cc2)cc1. The Labute approximate surface area is 231 Å². The van der Waals surface area contributed by atoms with Crippen LogP contribution in [-0.2, 0) is 11.3 Å². The van der Waals surface area contributed by atoms with E-state index in [9.17, 15) is 14.0 Å². The predicted molar refractivity (Wildman–Crippen MR) is 152 cm³/mol. The fourth-order valence-corrected chi connectivity index (χ4v) is 5.37. The summed E-state index contributed by atoms with van der Waals surface area (Å²) in [5.74, 6) is -0.875. The van der Waals surface area contributed by atoms with Crippen LogP contribution in [0.3, 0.4) is 0 Å². The highest BCUT2D eigenvalue weighted by molar-refractivity contribution is 6.04. The van der Waals surface area contributed by atoms with E-state index in [0.29, 0.717) is 22.6 Å². The van der Waals surface area contributed by atoms with Gasteiger partial charge < -0.3 is 15.0 Å². The first-order valence-electron chi connectivity index (χ1n) is 13.0. The third-order valence-electron chi connectivity index (χ3n) is 7.30. The van der Waals surface area contributed by atoms with E-state index in [1.54, 1.807) is 42.5 Å². The summed E-state index contributed by atoms with van der Waals surface area (Å²) < 4.78 is 19.0. The van der Waals surface area contributed by atoms with Gasteiger partial charge in [-0.2, -0.15) is 0 Å². The summed E-state index contributed by atoms with van der Waals surface area (Å²) in [7, 11) is 1.59. The van der Waals surface area contributed by atoms with Crippen molar-refractivity contribution >= 4 is 28.4 Å². The minimum absolute atomic E-state index is 0.197. The molecule has 0 saturated heterocycles. The minimum atomic E-state index is -0.728. The number of halogens is 1. The van der Waals surface area contributed by atoms with Crippen LogP contribution >= 0.6 is 0 Å². The molecule has 1 N–H and O–H groups in total. The van der Waals surface area contributed by atoms with Gasteiger partial charge in [0.15, 0.2) is 0 Å². The third-order valence-corrected chi connectivity index (χ3v) is 7.30. The van der Waals surface area contributed by atoms with Crippen LogP contribution in [0.15, 0.2) is 109 Å². The second-order valence-corrected chi connectivity index (χ2v) is 9.75. The van der Waals surface area contributed by atoms with Crippen molar-refractivity contribution < 1.29 is 18.7 Å². The fourth-order valence-electron chi connectivity index (χ4n) is 5.37. The minimum Gasteiger partial charge on any atom is -0.497 e. The van der Waals surface area contributed by atoms with Crippen LogP contribution in [0.5, 0.6) is 5.75 Å². The second kappa shape index (κ2) is 10.6. The monoisotopic (exact) mass is 531 g/mol. The van der Waals surface area contributed by atoms with E-state index in [0.717, 1.165) is 22.0 Å². The van der Waals surface area contributed by atoms with Crippen molar-refractivity contribution in [2.75, 3.05) is 12.4 Å². The lowest BCUT2D eigenvalue weighted by Gasteiger charge is -2.42. The van der Waals surface area contributed by atoms with Crippen molar-refractivity contribution in [1.82, 2.24) is 9.88 Å². The molecule has 6 nitrogen and oxygen atoms in total. The maximum Gasteiger partial charge on any atom is 0.255 e. The molecule has 0 unspecified atom stereocenters. The Morgan fingerprint density at radius 1 is 0.950 bits per heavy atom. The molecule has 7 heteroatoms. The lowest BCUT2D eigenvalue weighted by atomic mass is 9.79. The Morgan fingerprint density at radius 3 is 2.45 bits per heavy atom. The lowest BCUT2D eigenvalue weighted by Crippen LogP contribution is -2.45. The number of anilines is 1. The van der Waals surface area contributed by atoms with Crippen LogP contribution in [0, 0.1) is 5.82 Å². The molecule has 0 saturated carbocycles. The summed E-state index contributed by atoms with van der Waals surface area (Å²) in [5.41, 5.74) is 4.04. The molecule has 0 aliphatic carbocycles. The molecule has 1 aliphatic heterocycles. The fraction of sp³-hybridized carbons (Fsp3) is 0.121. The quantitative estimate of drug-likeness (QED) is 0.271. The Kier molecular flexibility index (Phi) is 6.70. The van der Waals surface area contributed by atoms with Crippen LogP contribution in [-0.4, -0.2) is 28.8 Å². The van der Waals surface area contributed by atoms with E-state index in [1.807, 2.05) is 66.7 Å². The Balaban J connectivity index is 1.46. The molecule has 0 fully saturated rings. The molecule has 2 heterocycles. The number of rotatable bonds is 6. The molecule has 4 aromatic carbocycles. The molecule has 40 heavy (non-hydrogen) atoms. The van der Waals surface area contributed by atoms with Crippen LogP contribution in [0.25, 0.3) is 10.9 Å². The summed E-state index contributed by atoms with van der Waals surface area (Å²) in [4.78, 5) is 34.3. The highest BCUT2D eigenvalue weighted by Gasteiger charge is 2.44. The van der Waals surface area contributed by atoms with Gasteiger partial charge in [-0.05, 0) is 59.2 Å². The third kappa shape index (κ3) is 4.78. The zero-order valence-corrected chi connectivity index (χ0v) is 21.8. The number of fused-ring (bicyclic) bond motifs is 2. The van der Waals surface area contributed by atoms with Gasteiger partial charge in [-0.25, -0.2) is 4.39 Å². The molecule has 1 aliphatic rings. The summed E-state index contributed by atoms with van der Waals surface area (Å²) >= 11 is 0. The van der Waals surface area contributed by atoms with Gasteiger partial charge in [0, 0.05) is 17.5 Å². The summed E-state index contributed by atoms with van der Waals surface area (Å²) in [6.07, 6.45) is 1.64. The molecule has 5 aromatic rings. The maximum absolute atomic E-state index is 14.2. The number of carbonyl (C=O) groups is 2. The van der Waals surface area contributed by atoms with Crippen molar-refractivity contribution in [2.24, 2.45) is 0 Å². The van der Waals surface area contributed by atoms with Gasteiger partial charge in [0.05, 0.1) is 36.5 Å². The first-order valence-corrected chi connectivity index (χ1v) is 13.0. The molecule has 0 radical (unpaired) electrons. The van der Waals surface area contributed by atoms with Gasteiger partial charge >= 0.3 is 0 Å². The van der Waals surface area contributed by atoms with Crippen molar-refractivity contribution in [3.8, 4) is 5.75 Å². The predicted octanol–water partition coefficient (Wildman–Crippen LogP) is 6.50. The molecule has 2 atom stereocenters. The number of methoxy groups -OCH3 is 1. The number of hydrogen-bond donors (Lipinski definition) is 1. The molecular formula is C33H26FN3O3. The lowest BCUT2D eigenvalue weighted by molar-refractivity contribution is -0.119. The molecule has 198 valence electrons. The Bertz CT molecular complexity index is 1700. The van der Waals surface area contributed by atoms with Gasteiger partial charge in [-0.1, -0.05) is 60.7 Å². The van der Waals surface area contributed by atoms with Crippen LogP contribution in [0.4, 0.5) is 10.1 Å². The number of nitrogens with zero attached hydrogens (tertiary/aromatic N) is 2. The summed E-state index contributed by atoms with van der Waals surface area (Å²) in [6.45, 7) is 0.200. The number of aromatic nitrogens is 1. The average Bonchev–Trinajstić information content (AvgIpc) is 2.99. The molecule has 2 amide bonds. The highest BCUT2D eigenvalue weighted by atomic mass is 19.1. The molecule has 0 bridgehead atoms. The van der Waals surface area contributed by atoms with Gasteiger partial charge in [0.1, 0.15) is 11.6 Å². The van der Waals surface area contributed by atoms with E-state index in [1.165, 1.54) is 12.1 Å². The summed E-state index contributed by atoms with van der Waals surface area (Å²) in [5, 5.41) is 3.97. The van der Waals surface area contributed by atoms with Crippen LogP contribution in [0.1, 0.15) is 39.0 Å². The smallest absolute Gasteiger partial charge is 0.255 e. The van der Waals surface area contributed by atoms with Crippen molar-refractivity contribution in [2.45, 2.75) is 18.5 Å². The molecule has 6 rings (SSSR count). The van der Waals surface area contributed by atoms with E-state index < -0.39 is 12.0 Å². The number of amides is 2. The highest BCUT2D eigenvalue weighted by Crippen LogP contribution is 2.44. The van der Waals surface area contributed by atoms with Crippen LogP contribution in [0.2, 0.25) is 0 Å². The number of ether oxygens (including phenoxy) is 1. The first-order chi connectivity index (χ1) is 19.5. The first kappa shape index (κ1) is 25.2. The van der Waals surface area contributed by atoms with Crippen LogP contribution < -0.4 is 10.1 Å². The van der Waals surface area contributed by atoms with Gasteiger partial charge in [-0.3, -0.25) is 14.6 Å². The van der Waals surface area contributed by atoms with Gasteiger partial charge in [0.2, 0.25) is 5.91 Å². The zero-order valence-electron chi connectivity index (χ0n) is 21.8. The van der Waals surface area contributed by atoms with E-state index >= 15 is 0 Å². The number of benzene rings is 4. The largest absolute Gasteiger partial charge is 0.497 e. The standard InChI is InChI=1S/C33H26FN3O3/c1-40-26-16-12-22(13-17-26)31-30(32(38)36-25-18-23-6-2-5-9-29(23)35-19-25)27-7-3-4-8-28(27)33(39)37(31)20-21-10-14-24(34)15-11-21/h2-19,30-31H,20H2,1H3,(H,36,38)/t30-,31-/m1/s1. The normalized spacial score (nSPS) is 16.4. The Hall–Kier alpha value is -5.04. The number of para-hydroxylation sites is 1. The summed E-state index contributed by atoms with van der Waals surface area (Å²) in [6, 6.07) is 29.6.